The van der Waals surface area contributed by atoms with Gasteiger partial charge in [0.25, 0.3) is 0 Å². The van der Waals surface area contributed by atoms with Gasteiger partial charge in [0.1, 0.15) is 0 Å². The average Bonchev–Trinajstić information content (AvgIpc) is 2.59. The highest BCUT2D eigenvalue weighted by atomic mass is 16.5. The van der Waals surface area contributed by atoms with Crippen molar-refractivity contribution in [3.63, 3.8) is 0 Å². The Kier molecular flexibility index (Phi) is 7.68. The van der Waals surface area contributed by atoms with E-state index in [-0.39, 0.29) is 5.92 Å². The van der Waals surface area contributed by atoms with Gasteiger partial charge in [-0.05, 0) is 11.5 Å². The Labute approximate surface area is 141 Å². The molecule has 0 aromatic heterocycles. The molecule has 6 heteroatoms. The van der Waals surface area contributed by atoms with E-state index in [1.807, 2.05) is 50.3 Å². The van der Waals surface area contributed by atoms with E-state index >= 15 is 0 Å². The number of carbonyl (C=O) groups excluding carboxylic acids is 3. The van der Waals surface area contributed by atoms with Gasteiger partial charge in [0.2, 0.25) is 11.9 Å². The van der Waals surface area contributed by atoms with E-state index in [4.69, 9.17) is 0 Å². The van der Waals surface area contributed by atoms with Crippen molar-refractivity contribution in [2.45, 2.75) is 19.9 Å². The molecule has 0 bridgehead atoms. The van der Waals surface area contributed by atoms with E-state index in [0.29, 0.717) is 0 Å². The lowest BCUT2D eigenvalue weighted by molar-refractivity contribution is -0.157. The molecule has 0 spiro atoms. The molecule has 1 amide bonds. The van der Waals surface area contributed by atoms with Gasteiger partial charge in [0.15, 0.2) is 0 Å². The molecule has 6 nitrogen and oxygen atoms in total. The molecule has 0 aliphatic carbocycles. The van der Waals surface area contributed by atoms with Crippen molar-refractivity contribution in [3.8, 4) is 0 Å². The molecule has 0 fully saturated rings. The molecule has 0 aliphatic rings. The molecule has 1 atom stereocenters. The Morgan fingerprint density at radius 1 is 1.00 bits per heavy atom. The highest BCUT2D eigenvalue weighted by Crippen LogP contribution is 2.15. The summed E-state index contributed by atoms with van der Waals surface area (Å²) in [5.74, 6) is -2.73. The third-order valence-corrected chi connectivity index (χ3v) is 3.48. The molecule has 1 N–H and O–H groups in total. The Balaban J connectivity index is 2.91. The van der Waals surface area contributed by atoms with Gasteiger partial charge in [-0.3, -0.25) is 4.79 Å². The molecule has 24 heavy (non-hydrogen) atoms. The van der Waals surface area contributed by atoms with Gasteiger partial charge >= 0.3 is 11.9 Å². The molecule has 0 saturated heterocycles. The highest BCUT2D eigenvalue weighted by molar-refractivity contribution is 6.02. The third kappa shape index (κ3) is 5.53. The second-order valence-electron chi connectivity index (χ2n) is 5.53. The number of carbonyl (C=O) groups is 3. The van der Waals surface area contributed by atoms with Crippen LogP contribution in [-0.4, -0.2) is 38.1 Å². The molecule has 0 saturated carbocycles. The lowest BCUT2D eigenvalue weighted by Gasteiger charge is -2.20. The first kappa shape index (κ1) is 19.4. The largest absolute Gasteiger partial charge is 0.467 e. The number of hydrogen-bond donors (Lipinski definition) is 1. The minimum absolute atomic E-state index is 0.0269. The third-order valence-electron chi connectivity index (χ3n) is 3.48. The summed E-state index contributed by atoms with van der Waals surface area (Å²) in [5.41, 5.74) is 0.952. The van der Waals surface area contributed by atoms with E-state index in [1.165, 1.54) is 0 Å². The molecule has 1 unspecified atom stereocenters. The number of methoxy groups -OCH3 is 2. The lowest BCUT2D eigenvalue weighted by atomic mass is 9.93. The van der Waals surface area contributed by atoms with Crippen molar-refractivity contribution >= 4 is 23.9 Å². The van der Waals surface area contributed by atoms with Crippen molar-refractivity contribution in [2.75, 3.05) is 14.2 Å². The van der Waals surface area contributed by atoms with Crippen LogP contribution in [-0.2, 0) is 23.9 Å². The van der Waals surface area contributed by atoms with E-state index in [2.05, 4.69) is 14.8 Å². The lowest BCUT2D eigenvalue weighted by Crippen LogP contribution is -2.49. The Bertz CT molecular complexity index is 579. The highest BCUT2D eigenvalue weighted by Gasteiger charge is 2.32. The number of amides is 1. The standard InChI is InChI=1S/C18H23NO5/c1-12(2)14(11-10-13-8-6-5-7-9-13)16(20)19-15(17(21)23-3)18(22)24-4/h5-12,14-15H,1-4H3,(H,19,20)/b11-10+. The van der Waals surface area contributed by atoms with E-state index < -0.39 is 29.8 Å². The Hall–Kier alpha value is -2.63. The topological polar surface area (TPSA) is 81.7 Å². The fourth-order valence-corrected chi connectivity index (χ4v) is 2.08. The van der Waals surface area contributed by atoms with Crippen LogP contribution >= 0.6 is 0 Å². The average molecular weight is 333 g/mol. The Morgan fingerprint density at radius 3 is 2.00 bits per heavy atom. The summed E-state index contributed by atoms with van der Waals surface area (Å²) in [6.07, 6.45) is 3.58. The molecule has 0 aliphatic heterocycles. The first-order valence-electron chi connectivity index (χ1n) is 7.60. The summed E-state index contributed by atoms with van der Waals surface area (Å²) in [4.78, 5) is 35.8. The van der Waals surface area contributed by atoms with Crippen LogP contribution in [0.25, 0.3) is 6.08 Å². The van der Waals surface area contributed by atoms with E-state index in [9.17, 15) is 14.4 Å². The first-order chi connectivity index (χ1) is 11.4. The molecule has 0 radical (unpaired) electrons. The monoisotopic (exact) mass is 333 g/mol. The summed E-state index contributed by atoms with van der Waals surface area (Å²) >= 11 is 0. The van der Waals surface area contributed by atoms with Crippen LogP contribution in [0.2, 0.25) is 0 Å². The summed E-state index contributed by atoms with van der Waals surface area (Å²) < 4.78 is 9.07. The predicted molar refractivity (Wildman–Crippen MR) is 89.8 cm³/mol. The zero-order chi connectivity index (χ0) is 18.1. The predicted octanol–water partition coefficient (Wildman–Crippen LogP) is 1.80. The van der Waals surface area contributed by atoms with Crippen LogP contribution in [0.5, 0.6) is 0 Å². The number of benzene rings is 1. The summed E-state index contributed by atoms with van der Waals surface area (Å²) in [6, 6.07) is 8.05. The minimum atomic E-state index is -1.47. The number of nitrogens with one attached hydrogen (secondary N) is 1. The van der Waals surface area contributed by atoms with Gasteiger partial charge in [-0.2, -0.15) is 0 Å². The van der Waals surface area contributed by atoms with Crippen LogP contribution in [0.4, 0.5) is 0 Å². The summed E-state index contributed by atoms with van der Waals surface area (Å²) in [6.45, 7) is 3.76. The van der Waals surface area contributed by atoms with Gasteiger partial charge in [-0.1, -0.05) is 56.3 Å². The molecular weight excluding hydrogens is 310 g/mol. The van der Waals surface area contributed by atoms with Crippen LogP contribution in [0, 0.1) is 11.8 Å². The van der Waals surface area contributed by atoms with Crippen LogP contribution in [0.1, 0.15) is 19.4 Å². The number of rotatable bonds is 7. The second kappa shape index (κ2) is 9.50. The van der Waals surface area contributed by atoms with E-state index in [0.717, 1.165) is 19.8 Å². The molecular formula is C18H23NO5. The van der Waals surface area contributed by atoms with Crippen LogP contribution in [0.15, 0.2) is 36.4 Å². The number of esters is 2. The summed E-state index contributed by atoms with van der Waals surface area (Å²) in [5, 5.41) is 2.40. The van der Waals surface area contributed by atoms with Gasteiger partial charge in [-0.25, -0.2) is 9.59 Å². The van der Waals surface area contributed by atoms with Crippen molar-refractivity contribution in [1.29, 1.82) is 0 Å². The normalized spacial score (nSPS) is 12.2. The maximum Gasteiger partial charge on any atom is 0.340 e. The van der Waals surface area contributed by atoms with Gasteiger partial charge in [0.05, 0.1) is 20.1 Å². The maximum atomic E-state index is 12.5. The molecule has 1 rings (SSSR count). The van der Waals surface area contributed by atoms with Crippen molar-refractivity contribution in [3.05, 3.63) is 42.0 Å². The first-order valence-corrected chi connectivity index (χ1v) is 7.60. The quantitative estimate of drug-likeness (QED) is 0.608. The molecule has 130 valence electrons. The Morgan fingerprint density at radius 2 is 1.54 bits per heavy atom. The van der Waals surface area contributed by atoms with Crippen LogP contribution in [0.3, 0.4) is 0 Å². The fraction of sp³-hybridized carbons (Fsp3) is 0.389. The second-order valence-corrected chi connectivity index (χ2v) is 5.53. The molecule has 0 heterocycles. The molecule has 1 aromatic rings. The number of ether oxygens (including phenoxy) is 2. The molecule has 1 aromatic carbocycles. The minimum Gasteiger partial charge on any atom is -0.467 e. The van der Waals surface area contributed by atoms with Crippen molar-refractivity contribution < 1.29 is 23.9 Å². The van der Waals surface area contributed by atoms with Gasteiger partial charge in [-0.15, -0.1) is 0 Å². The smallest absolute Gasteiger partial charge is 0.340 e. The zero-order valence-electron chi connectivity index (χ0n) is 14.3. The SMILES string of the molecule is COC(=O)C(NC(=O)C(/C=C/c1ccccc1)C(C)C)C(=O)OC. The maximum absolute atomic E-state index is 12.5. The van der Waals surface area contributed by atoms with Crippen LogP contribution < -0.4 is 5.32 Å². The summed E-state index contributed by atoms with van der Waals surface area (Å²) in [7, 11) is 2.28. The zero-order valence-corrected chi connectivity index (χ0v) is 14.3. The number of hydrogen-bond acceptors (Lipinski definition) is 5. The fourth-order valence-electron chi connectivity index (χ4n) is 2.08. The van der Waals surface area contributed by atoms with Crippen molar-refractivity contribution in [1.82, 2.24) is 5.32 Å². The van der Waals surface area contributed by atoms with E-state index in [1.54, 1.807) is 6.08 Å². The van der Waals surface area contributed by atoms with Crippen molar-refractivity contribution in [2.24, 2.45) is 11.8 Å². The van der Waals surface area contributed by atoms with Gasteiger partial charge in [0, 0.05) is 0 Å². The van der Waals surface area contributed by atoms with Gasteiger partial charge < -0.3 is 14.8 Å².